The van der Waals surface area contributed by atoms with Crippen molar-refractivity contribution in [3.05, 3.63) is 64.8 Å². The van der Waals surface area contributed by atoms with Crippen molar-refractivity contribution in [2.45, 2.75) is 46.5 Å². The van der Waals surface area contributed by atoms with E-state index in [1.165, 1.54) is 24.8 Å². The van der Waals surface area contributed by atoms with Crippen LogP contribution in [0.2, 0.25) is 0 Å². The van der Waals surface area contributed by atoms with Gasteiger partial charge in [-0.2, -0.15) is 5.26 Å². The number of aromatic nitrogens is 1. The van der Waals surface area contributed by atoms with Crippen LogP contribution in [-0.4, -0.2) is 34.9 Å². The lowest BCUT2D eigenvalue weighted by Gasteiger charge is -2.25. The van der Waals surface area contributed by atoms with E-state index in [-0.39, 0.29) is 5.78 Å². The second kappa shape index (κ2) is 9.08. The van der Waals surface area contributed by atoms with Crippen molar-refractivity contribution in [1.82, 2.24) is 9.47 Å². The van der Waals surface area contributed by atoms with Crippen LogP contribution in [0.25, 0.3) is 16.6 Å². The number of nitrogens with zero attached hydrogens (tertiary/aromatic N) is 3. The SMILES string of the molecule is Cc1c(C(=O)CN2CCCCC2)c2ccc(CC(C)C)cc2n1-c1ccc(C#N)cc1. The summed E-state index contributed by atoms with van der Waals surface area (Å²) in [7, 11) is 0. The number of ketones is 1. The molecular formula is C27H31N3O. The highest BCUT2D eigenvalue weighted by Gasteiger charge is 2.23. The van der Waals surface area contributed by atoms with Crippen LogP contribution in [-0.2, 0) is 6.42 Å². The number of carbonyl (C=O) groups is 1. The Kier molecular flexibility index (Phi) is 6.25. The molecule has 4 rings (SSSR count). The predicted molar refractivity (Wildman–Crippen MR) is 126 cm³/mol. The molecule has 1 fully saturated rings. The molecular weight excluding hydrogens is 382 g/mol. The molecule has 0 unspecified atom stereocenters. The summed E-state index contributed by atoms with van der Waals surface area (Å²) in [6, 6.07) is 16.3. The van der Waals surface area contributed by atoms with Crippen molar-refractivity contribution in [1.29, 1.82) is 5.26 Å². The summed E-state index contributed by atoms with van der Waals surface area (Å²) in [6.07, 6.45) is 4.63. The van der Waals surface area contributed by atoms with Gasteiger partial charge in [0.1, 0.15) is 0 Å². The maximum atomic E-state index is 13.5. The van der Waals surface area contributed by atoms with Crippen LogP contribution in [0, 0.1) is 24.2 Å². The Labute approximate surface area is 185 Å². The third-order valence-electron chi connectivity index (χ3n) is 6.26. The van der Waals surface area contributed by atoms with Crippen LogP contribution in [0.1, 0.15) is 60.3 Å². The summed E-state index contributed by atoms with van der Waals surface area (Å²) in [4.78, 5) is 15.8. The van der Waals surface area contributed by atoms with Gasteiger partial charge in [-0.1, -0.05) is 32.4 Å². The fourth-order valence-electron chi connectivity index (χ4n) is 4.83. The van der Waals surface area contributed by atoms with E-state index in [0.29, 0.717) is 18.0 Å². The molecule has 0 aliphatic carbocycles. The fourth-order valence-corrected chi connectivity index (χ4v) is 4.83. The number of rotatable bonds is 6. The van der Waals surface area contributed by atoms with Gasteiger partial charge in [0.2, 0.25) is 0 Å². The Morgan fingerprint density at radius 2 is 1.77 bits per heavy atom. The Morgan fingerprint density at radius 3 is 2.42 bits per heavy atom. The number of piperidine rings is 1. The molecule has 0 radical (unpaired) electrons. The third-order valence-corrected chi connectivity index (χ3v) is 6.26. The van der Waals surface area contributed by atoms with Gasteiger partial charge in [0.25, 0.3) is 0 Å². The summed E-state index contributed by atoms with van der Waals surface area (Å²) >= 11 is 0. The van der Waals surface area contributed by atoms with E-state index < -0.39 is 0 Å². The summed E-state index contributed by atoms with van der Waals surface area (Å²) in [5.74, 6) is 0.769. The van der Waals surface area contributed by atoms with Crippen LogP contribution < -0.4 is 0 Å². The minimum atomic E-state index is 0.202. The molecule has 1 aromatic heterocycles. The average molecular weight is 414 g/mol. The number of carbonyl (C=O) groups excluding carboxylic acids is 1. The number of nitriles is 1. The standard InChI is InChI=1S/C27H31N3O/c1-19(2)15-22-9-12-24-25(16-22)30(23-10-7-21(17-28)8-11-23)20(3)27(24)26(31)18-29-13-5-4-6-14-29/h7-12,16,19H,4-6,13-15,18H2,1-3H3. The zero-order valence-electron chi connectivity index (χ0n) is 18.8. The van der Waals surface area contributed by atoms with Crippen LogP contribution in [0.3, 0.4) is 0 Å². The van der Waals surface area contributed by atoms with E-state index in [2.05, 4.69) is 47.6 Å². The van der Waals surface area contributed by atoms with E-state index in [4.69, 9.17) is 0 Å². The number of benzene rings is 2. The highest BCUT2D eigenvalue weighted by molar-refractivity contribution is 6.11. The van der Waals surface area contributed by atoms with Crippen LogP contribution in [0.4, 0.5) is 0 Å². The summed E-state index contributed by atoms with van der Waals surface area (Å²) in [5.41, 5.74) is 5.79. The second-order valence-electron chi connectivity index (χ2n) is 9.16. The van der Waals surface area contributed by atoms with E-state index in [1.807, 2.05) is 31.2 Å². The van der Waals surface area contributed by atoms with Gasteiger partial charge < -0.3 is 4.57 Å². The minimum Gasteiger partial charge on any atom is -0.313 e. The van der Waals surface area contributed by atoms with Gasteiger partial charge in [-0.3, -0.25) is 9.69 Å². The lowest BCUT2D eigenvalue weighted by atomic mass is 10.00. The molecule has 160 valence electrons. The maximum Gasteiger partial charge on any atom is 0.179 e. The van der Waals surface area contributed by atoms with Gasteiger partial charge in [0, 0.05) is 22.3 Å². The third kappa shape index (κ3) is 4.43. The van der Waals surface area contributed by atoms with Gasteiger partial charge >= 0.3 is 0 Å². The smallest absolute Gasteiger partial charge is 0.179 e. The molecule has 4 heteroatoms. The summed E-state index contributed by atoms with van der Waals surface area (Å²) < 4.78 is 2.18. The van der Waals surface area contributed by atoms with Crippen molar-refractivity contribution < 1.29 is 4.79 Å². The maximum absolute atomic E-state index is 13.5. The molecule has 0 bridgehead atoms. The van der Waals surface area contributed by atoms with Crippen molar-refractivity contribution in [2.75, 3.05) is 19.6 Å². The molecule has 0 spiro atoms. The van der Waals surface area contributed by atoms with E-state index >= 15 is 0 Å². The zero-order valence-corrected chi connectivity index (χ0v) is 18.8. The highest BCUT2D eigenvalue weighted by atomic mass is 16.1. The molecule has 1 saturated heterocycles. The molecule has 1 aliphatic heterocycles. The molecule has 0 saturated carbocycles. The van der Waals surface area contributed by atoms with Crippen LogP contribution in [0.5, 0.6) is 0 Å². The Hall–Kier alpha value is -2.90. The van der Waals surface area contributed by atoms with Crippen LogP contribution in [0.15, 0.2) is 42.5 Å². The Balaban J connectivity index is 1.82. The molecule has 4 nitrogen and oxygen atoms in total. The first-order valence-electron chi connectivity index (χ1n) is 11.4. The van der Waals surface area contributed by atoms with E-state index in [0.717, 1.165) is 47.4 Å². The average Bonchev–Trinajstić information content (AvgIpc) is 3.05. The van der Waals surface area contributed by atoms with Crippen LogP contribution >= 0.6 is 0 Å². The number of likely N-dealkylation sites (tertiary alicyclic amines) is 1. The molecule has 1 aliphatic rings. The fraction of sp³-hybridized carbons (Fsp3) is 0.407. The van der Waals surface area contributed by atoms with Crippen molar-refractivity contribution in [3.8, 4) is 11.8 Å². The molecule has 0 N–H and O–H groups in total. The predicted octanol–water partition coefficient (Wildman–Crippen LogP) is 5.68. The number of fused-ring (bicyclic) bond motifs is 1. The highest BCUT2D eigenvalue weighted by Crippen LogP contribution is 2.31. The lowest BCUT2D eigenvalue weighted by molar-refractivity contribution is 0.0916. The van der Waals surface area contributed by atoms with E-state index in [1.54, 1.807) is 0 Å². The van der Waals surface area contributed by atoms with E-state index in [9.17, 15) is 10.1 Å². The zero-order chi connectivity index (χ0) is 22.0. The van der Waals surface area contributed by atoms with Crippen molar-refractivity contribution >= 4 is 16.7 Å². The largest absolute Gasteiger partial charge is 0.313 e. The van der Waals surface area contributed by atoms with Gasteiger partial charge in [0.15, 0.2) is 5.78 Å². The number of hydrogen-bond acceptors (Lipinski definition) is 3. The van der Waals surface area contributed by atoms with Crippen molar-refractivity contribution in [2.24, 2.45) is 5.92 Å². The van der Waals surface area contributed by atoms with Gasteiger partial charge in [-0.25, -0.2) is 0 Å². The summed E-state index contributed by atoms with van der Waals surface area (Å²) in [5, 5.41) is 10.2. The molecule has 0 atom stereocenters. The Morgan fingerprint density at radius 1 is 1.06 bits per heavy atom. The molecule has 0 amide bonds. The quantitative estimate of drug-likeness (QED) is 0.489. The lowest BCUT2D eigenvalue weighted by Crippen LogP contribution is -2.34. The van der Waals surface area contributed by atoms with Crippen molar-refractivity contribution in [3.63, 3.8) is 0 Å². The van der Waals surface area contributed by atoms with Gasteiger partial charge in [-0.05, 0) is 81.1 Å². The van der Waals surface area contributed by atoms with Gasteiger partial charge in [-0.15, -0.1) is 0 Å². The molecule has 3 aromatic rings. The first-order valence-corrected chi connectivity index (χ1v) is 11.4. The first-order chi connectivity index (χ1) is 15.0. The topological polar surface area (TPSA) is 49.0 Å². The summed E-state index contributed by atoms with van der Waals surface area (Å²) in [6.45, 7) is 9.01. The number of hydrogen-bond donors (Lipinski definition) is 0. The molecule has 2 heterocycles. The second-order valence-corrected chi connectivity index (χ2v) is 9.16. The van der Waals surface area contributed by atoms with Gasteiger partial charge in [0.05, 0.1) is 23.7 Å². The minimum absolute atomic E-state index is 0.202. The number of Topliss-reactive ketones (excluding diaryl/α,β-unsaturated/α-hetero) is 1. The monoisotopic (exact) mass is 413 g/mol. The first kappa shape index (κ1) is 21.3. The molecule has 2 aromatic carbocycles. The molecule has 31 heavy (non-hydrogen) atoms. The Bertz CT molecular complexity index is 1130. The normalized spacial score (nSPS) is 14.8.